The van der Waals surface area contributed by atoms with Gasteiger partial charge in [0.1, 0.15) is 11.5 Å². The number of hydrogen-bond acceptors (Lipinski definition) is 6. The molecule has 1 aromatic heterocycles. The fourth-order valence-corrected chi connectivity index (χ4v) is 4.84. The van der Waals surface area contributed by atoms with Crippen molar-refractivity contribution in [2.75, 3.05) is 19.0 Å². The van der Waals surface area contributed by atoms with E-state index in [1.807, 2.05) is 20.8 Å². The zero-order valence-corrected chi connectivity index (χ0v) is 18.4. The van der Waals surface area contributed by atoms with E-state index in [1.165, 1.54) is 6.07 Å². The van der Waals surface area contributed by atoms with Crippen molar-refractivity contribution >= 4 is 11.7 Å². The molecule has 180 valence electrons. The first-order valence-corrected chi connectivity index (χ1v) is 10.5. The summed E-state index contributed by atoms with van der Waals surface area (Å²) in [4.78, 5) is 27.7. The van der Waals surface area contributed by atoms with Crippen LogP contribution in [0.1, 0.15) is 67.6 Å². The number of fused-ring (bicyclic) bond motifs is 5. The molecule has 1 aliphatic heterocycles. The van der Waals surface area contributed by atoms with Crippen LogP contribution in [0.25, 0.3) is 11.3 Å². The SMILES string of the molecule is C.COC(=O)c1c(O)c2c([nH]c1=O)-c1cc(OC(F)F)c3c(c1CC2C(C)(C)C)CCCN3. The number of aromatic nitrogens is 1. The van der Waals surface area contributed by atoms with E-state index in [4.69, 9.17) is 4.74 Å². The molecule has 1 aliphatic carbocycles. The number of nitrogens with one attached hydrogen (secondary N) is 2. The van der Waals surface area contributed by atoms with Gasteiger partial charge in [0, 0.05) is 17.7 Å². The largest absolute Gasteiger partial charge is 0.506 e. The van der Waals surface area contributed by atoms with E-state index in [1.54, 1.807) is 0 Å². The molecule has 4 rings (SSSR count). The number of H-pyrrole nitrogens is 1. The third-order valence-electron chi connectivity index (χ3n) is 6.32. The summed E-state index contributed by atoms with van der Waals surface area (Å²) in [6, 6.07) is 1.48. The second-order valence-corrected chi connectivity index (χ2v) is 9.24. The van der Waals surface area contributed by atoms with Crippen LogP contribution in [-0.2, 0) is 17.6 Å². The lowest BCUT2D eigenvalue weighted by molar-refractivity contribution is -0.0494. The number of esters is 1. The first-order valence-electron chi connectivity index (χ1n) is 10.5. The lowest BCUT2D eigenvalue weighted by atomic mass is 9.67. The van der Waals surface area contributed by atoms with Gasteiger partial charge in [-0.3, -0.25) is 4.79 Å². The highest BCUT2D eigenvalue weighted by atomic mass is 19.3. The Hall–Kier alpha value is -3.10. The Kier molecular flexibility index (Phi) is 6.46. The average molecular weight is 465 g/mol. The number of aromatic hydroxyl groups is 1. The summed E-state index contributed by atoms with van der Waals surface area (Å²) >= 11 is 0. The molecule has 0 saturated heterocycles. The normalized spacial score (nSPS) is 16.6. The molecule has 7 nitrogen and oxygen atoms in total. The molecule has 1 atom stereocenters. The number of anilines is 1. The van der Waals surface area contributed by atoms with Gasteiger partial charge < -0.3 is 24.9 Å². The van der Waals surface area contributed by atoms with Crippen molar-refractivity contribution in [2.45, 2.75) is 60.0 Å². The summed E-state index contributed by atoms with van der Waals surface area (Å²) in [6.45, 7) is 3.65. The number of rotatable bonds is 3. The van der Waals surface area contributed by atoms with Gasteiger partial charge >= 0.3 is 12.6 Å². The maximum absolute atomic E-state index is 13.1. The summed E-state index contributed by atoms with van der Waals surface area (Å²) < 4.78 is 35.8. The van der Waals surface area contributed by atoms with Crippen molar-refractivity contribution in [3.05, 3.63) is 38.7 Å². The number of carbonyl (C=O) groups excluding carboxylic acids is 1. The molecule has 2 heterocycles. The average Bonchev–Trinajstić information content (AvgIpc) is 2.72. The number of aromatic amines is 1. The van der Waals surface area contributed by atoms with Crippen LogP contribution in [-0.4, -0.2) is 36.3 Å². The molecule has 1 unspecified atom stereocenters. The predicted molar refractivity (Wildman–Crippen MR) is 122 cm³/mol. The zero-order valence-electron chi connectivity index (χ0n) is 18.4. The van der Waals surface area contributed by atoms with Gasteiger partial charge in [-0.2, -0.15) is 8.78 Å². The summed E-state index contributed by atoms with van der Waals surface area (Å²) in [5.74, 6) is -1.64. The van der Waals surface area contributed by atoms with Crippen LogP contribution in [0.5, 0.6) is 11.5 Å². The van der Waals surface area contributed by atoms with Crippen molar-refractivity contribution in [3.8, 4) is 22.8 Å². The van der Waals surface area contributed by atoms with Crippen LogP contribution < -0.4 is 15.6 Å². The minimum atomic E-state index is -3.01. The number of methoxy groups -OCH3 is 1. The second kappa shape index (κ2) is 8.68. The second-order valence-electron chi connectivity index (χ2n) is 9.24. The predicted octanol–water partition coefficient (Wildman–Crippen LogP) is 4.82. The van der Waals surface area contributed by atoms with Gasteiger partial charge in [0.2, 0.25) is 0 Å². The van der Waals surface area contributed by atoms with Crippen LogP contribution in [0.4, 0.5) is 14.5 Å². The highest BCUT2D eigenvalue weighted by Crippen LogP contribution is 2.53. The molecule has 2 aliphatic rings. The summed E-state index contributed by atoms with van der Waals surface area (Å²) in [5, 5.41) is 14.2. The number of halogens is 2. The van der Waals surface area contributed by atoms with Gasteiger partial charge in [-0.15, -0.1) is 0 Å². The van der Waals surface area contributed by atoms with Gasteiger partial charge in [0.25, 0.3) is 5.56 Å². The molecule has 0 fully saturated rings. The molecule has 9 heteroatoms. The number of alkyl halides is 2. The fourth-order valence-electron chi connectivity index (χ4n) is 4.84. The lowest BCUT2D eigenvalue weighted by Crippen LogP contribution is -2.30. The molecule has 0 amide bonds. The number of carbonyl (C=O) groups is 1. The van der Waals surface area contributed by atoms with Gasteiger partial charge in [-0.05, 0) is 47.8 Å². The Morgan fingerprint density at radius 3 is 2.58 bits per heavy atom. The van der Waals surface area contributed by atoms with Gasteiger partial charge in [-0.25, -0.2) is 4.79 Å². The molecule has 0 bridgehead atoms. The van der Waals surface area contributed by atoms with Crippen molar-refractivity contribution in [2.24, 2.45) is 5.41 Å². The van der Waals surface area contributed by atoms with Crippen LogP contribution in [0.15, 0.2) is 10.9 Å². The summed E-state index contributed by atoms with van der Waals surface area (Å²) in [5.41, 5.74) is 1.96. The standard InChI is InChI=1S/C23H26F2N2O5.CH4/c1-23(2,3)13-8-11-10-6-5-7-26-17(10)14(32-22(24)25)9-12(11)18-15(13)19(28)16(20(29)27-18)21(30)31-4;/h9,13,22,26H,5-8H2,1-4H3,(H2,27,28,29);1H4. The molecule has 2 aromatic rings. The van der Waals surface area contributed by atoms with Gasteiger partial charge in [0.15, 0.2) is 5.56 Å². The van der Waals surface area contributed by atoms with Crippen LogP contribution in [0.2, 0.25) is 0 Å². The quantitative estimate of drug-likeness (QED) is 0.564. The lowest BCUT2D eigenvalue weighted by Gasteiger charge is -2.39. The Labute approximate surface area is 191 Å². The monoisotopic (exact) mass is 464 g/mol. The van der Waals surface area contributed by atoms with E-state index >= 15 is 0 Å². The number of ether oxygens (including phenoxy) is 2. The summed E-state index contributed by atoms with van der Waals surface area (Å²) in [7, 11) is 1.13. The van der Waals surface area contributed by atoms with Crippen molar-refractivity contribution < 1.29 is 28.2 Å². The van der Waals surface area contributed by atoms with Crippen molar-refractivity contribution in [1.29, 1.82) is 0 Å². The molecule has 3 N–H and O–H groups in total. The van der Waals surface area contributed by atoms with E-state index in [9.17, 15) is 23.5 Å². The fraction of sp³-hybridized carbons (Fsp3) is 0.500. The van der Waals surface area contributed by atoms with Crippen molar-refractivity contribution in [3.63, 3.8) is 0 Å². The van der Waals surface area contributed by atoms with E-state index in [0.29, 0.717) is 41.9 Å². The maximum atomic E-state index is 13.1. The Bertz CT molecular complexity index is 1150. The molecule has 0 spiro atoms. The first kappa shape index (κ1) is 24.5. The van der Waals surface area contributed by atoms with Gasteiger partial charge in [0.05, 0.1) is 18.5 Å². The first-order chi connectivity index (χ1) is 15.0. The Balaban J connectivity index is 0.00000306. The van der Waals surface area contributed by atoms with E-state index in [0.717, 1.165) is 24.7 Å². The third kappa shape index (κ3) is 4.05. The Morgan fingerprint density at radius 1 is 1.27 bits per heavy atom. The molecule has 1 aromatic carbocycles. The molecule has 0 saturated carbocycles. The number of hydrogen-bond donors (Lipinski definition) is 3. The third-order valence-corrected chi connectivity index (χ3v) is 6.32. The van der Waals surface area contributed by atoms with E-state index in [-0.39, 0.29) is 24.5 Å². The topological polar surface area (TPSA) is 101 Å². The van der Waals surface area contributed by atoms with Crippen LogP contribution in [0, 0.1) is 5.41 Å². The molecular formula is C24H30F2N2O5. The molecule has 33 heavy (non-hydrogen) atoms. The van der Waals surface area contributed by atoms with E-state index < -0.39 is 29.5 Å². The Morgan fingerprint density at radius 2 is 1.97 bits per heavy atom. The van der Waals surface area contributed by atoms with E-state index in [2.05, 4.69) is 15.0 Å². The minimum absolute atomic E-state index is 0. The highest BCUT2D eigenvalue weighted by Gasteiger charge is 2.40. The van der Waals surface area contributed by atoms with Gasteiger partial charge in [-0.1, -0.05) is 28.2 Å². The highest BCUT2D eigenvalue weighted by molar-refractivity contribution is 5.94. The number of benzene rings is 1. The van der Waals surface area contributed by atoms with Crippen LogP contribution >= 0.6 is 0 Å². The summed E-state index contributed by atoms with van der Waals surface area (Å²) in [6.07, 6.45) is 2.01. The molecule has 0 radical (unpaired) electrons. The number of pyridine rings is 1. The maximum Gasteiger partial charge on any atom is 0.387 e. The smallest absolute Gasteiger partial charge is 0.387 e. The van der Waals surface area contributed by atoms with Crippen molar-refractivity contribution in [1.82, 2.24) is 4.98 Å². The van der Waals surface area contributed by atoms with Crippen LogP contribution in [0.3, 0.4) is 0 Å². The minimum Gasteiger partial charge on any atom is -0.506 e. The zero-order chi connectivity index (χ0) is 23.4. The molecular weight excluding hydrogens is 434 g/mol.